The lowest BCUT2D eigenvalue weighted by Crippen LogP contribution is -2.36. The Morgan fingerprint density at radius 1 is 1.31 bits per heavy atom. The number of nitrogens with one attached hydrogen (secondary N) is 1. The summed E-state index contributed by atoms with van der Waals surface area (Å²) in [5, 5.41) is 3.30. The zero-order valence-corrected chi connectivity index (χ0v) is 9.80. The fraction of sp³-hybridized carbons (Fsp3) is 0.417. The highest BCUT2D eigenvalue weighted by atomic mass is 35.5. The standard InChI is InChI=1S/C12H14N2O.ClH/c15-12-11-4-2-1-3-9(11)8-14(12)10-5-6-13-7-10;/h1-4,10,13H,5-8H2;1H/t10-;/m0./s1. The third-order valence-corrected chi connectivity index (χ3v) is 3.32. The summed E-state index contributed by atoms with van der Waals surface area (Å²) in [6.45, 7) is 2.77. The first kappa shape index (κ1) is 11.4. The fourth-order valence-electron chi connectivity index (χ4n) is 2.48. The van der Waals surface area contributed by atoms with Crippen molar-refractivity contribution in [3.63, 3.8) is 0 Å². The summed E-state index contributed by atoms with van der Waals surface area (Å²) in [6, 6.07) is 8.32. The molecule has 0 spiro atoms. The highest BCUT2D eigenvalue weighted by Crippen LogP contribution is 2.25. The van der Waals surface area contributed by atoms with Crippen LogP contribution in [0.2, 0.25) is 0 Å². The first-order valence-electron chi connectivity index (χ1n) is 5.46. The van der Waals surface area contributed by atoms with E-state index < -0.39 is 0 Å². The number of fused-ring (bicyclic) bond motifs is 1. The molecule has 0 radical (unpaired) electrons. The van der Waals surface area contributed by atoms with Crippen molar-refractivity contribution in [2.45, 2.75) is 19.0 Å². The molecule has 86 valence electrons. The number of hydrogen-bond donors (Lipinski definition) is 1. The lowest BCUT2D eigenvalue weighted by molar-refractivity contribution is 0.0717. The van der Waals surface area contributed by atoms with Gasteiger partial charge < -0.3 is 10.2 Å². The SMILES string of the molecule is Cl.O=C1c2ccccc2CN1[C@H]1CCNC1. The molecular weight excluding hydrogens is 224 g/mol. The molecule has 1 atom stereocenters. The van der Waals surface area contributed by atoms with Gasteiger partial charge in [0.1, 0.15) is 0 Å². The van der Waals surface area contributed by atoms with Crippen molar-refractivity contribution in [3.05, 3.63) is 35.4 Å². The molecule has 3 rings (SSSR count). The number of nitrogens with zero attached hydrogens (tertiary/aromatic N) is 1. The largest absolute Gasteiger partial charge is 0.330 e. The van der Waals surface area contributed by atoms with Gasteiger partial charge >= 0.3 is 0 Å². The van der Waals surface area contributed by atoms with Gasteiger partial charge in [0.25, 0.3) is 5.91 Å². The maximum atomic E-state index is 12.1. The Labute approximate surface area is 101 Å². The van der Waals surface area contributed by atoms with Crippen molar-refractivity contribution >= 4 is 18.3 Å². The van der Waals surface area contributed by atoms with Gasteiger partial charge in [0.15, 0.2) is 0 Å². The first-order chi connectivity index (χ1) is 7.36. The van der Waals surface area contributed by atoms with E-state index in [1.165, 1.54) is 5.56 Å². The lowest BCUT2D eigenvalue weighted by Gasteiger charge is -2.22. The van der Waals surface area contributed by atoms with E-state index in [1.807, 2.05) is 23.1 Å². The molecule has 2 aliphatic heterocycles. The van der Waals surface area contributed by atoms with Gasteiger partial charge in [-0.3, -0.25) is 4.79 Å². The minimum atomic E-state index is 0. The Morgan fingerprint density at radius 2 is 2.12 bits per heavy atom. The second-order valence-electron chi connectivity index (χ2n) is 4.24. The van der Waals surface area contributed by atoms with Crippen LogP contribution >= 0.6 is 12.4 Å². The highest BCUT2D eigenvalue weighted by Gasteiger charge is 2.33. The number of halogens is 1. The predicted molar refractivity (Wildman–Crippen MR) is 64.8 cm³/mol. The van der Waals surface area contributed by atoms with Crippen LogP contribution in [0.15, 0.2) is 24.3 Å². The molecule has 0 saturated carbocycles. The van der Waals surface area contributed by atoms with E-state index >= 15 is 0 Å². The Hall–Kier alpha value is -1.06. The minimum absolute atomic E-state index is 0. The number of amides is 1. The Morgan fingerprint density at radius 3 is 2.81 bits per heavy atom. The van der Waals surface area contributed by atoms with Gasteiger partial charge in [0, 0.05) is 24.7 Å². The Balaban J connectivity index is 0.000000963. The van der Waals surface area contributed by atoms with Crippen LogP contribution in [0.5, 0.6) is 0 Å². The van der Waals surface area contributed by atoms with Gasteiger partial charge in [0.2, 0.25) is 0 Å². The van der Waals surface area contributed by atoms with Crippen molar-refractivity contribution in [1.82, 2.24) is 10.2 Å². The van der Waals surface area contributed by atoms with Crippen molar-refractivity contribution in [3.8, 4) is 0 Å². The molecule has 1 amide bonds. The van der Waals surface area contributed by atoms with E-state index in [4.69, 9.17) is 0 Å². The summed E-state index contributed by atoms with van der Waals surface area (Å²) in [5.41, 5.74) is 2.07. The van der Waals surface area contributed by atoms with Gasteiger partial charge in [0.05, 0.1) is 0 Å². The minimum Gasteiger partial charge on any atom is -0.330 e. The van der Waals surface area contributed by atoms with Crippen molar-refractivity contribution in [2.24, 2.45) is 0 Å². The maximum absolute atomic E-state index is 12.1. The lowest BCUT2D eigenvalue weighted by atomic mass is 10.1. The summed E-state index contributed by atoms with van der Waals surface area (Å²) in [4.78, 5) is 14.1. The van der Waals surface area contributed by atoms with Crippen molar-refractivity contribution in [1.29, 1.82) is 0 Å². The Kier molecular flexibility index (Phi) is 3.17. The van der Waals surface area contributed by atoms with Crippen LogP contribution in [0.3, 0.4) is 0 Å². The van der Waals surface area contributed by atoms with E-state index in [0.29, 0.717) is 6.04 Å². The average Bonchev–Trinajstić information content (AvgIpc) is 2.87. The van der Waals surface area contributed by atoms with E-state index in [9.17, 15) is 4.79 Å². The fourth-order valence-corrected chi connectivity index (χ4v) is 2.48. The number of hydrogen-bond acceptors (Lipinski definition) is 2. The molecule has 2 heterocycles. The quantitative estimate of drug-likeness (QED) is 0.803. The van der Waals surface area contributed by atoms with Crippen LogP contribution in [0, 0.1) is 0 Å². The average molecular weight is 239 g/mol. The summed E-state index contributed by atoms with van der Waals surface area (Å²) in [5.74, 6) is 0.208. The molecule has 1 aromatic rings. The molecule has 1 aromatic carbocycles. The molecule has 1 saturated heterocycles. The number of carbonyl (C=O) groups excluding carboxylic acids is 1. The zero-order chi connectivity index (χ0) is 10.3. The monoisotopic (exact) mass is 238 g/mol. The third kappa shape index (κ3) is 1.70. The number of benzene rings is 1. The number of carbonyl (C=O) groups is 1. The molecule has 4 heteroatoms. The molecule has 0 unspecified atom stereocenters. The maximum Gasteiger partial charge on any atom is 0.254 e. The first-order valence-corrected chi connectivity index (χ1v) is 5.46. The second kappa shape index (κ2) is 4.44. The molecular formula is C12H15ClN2O. The van der Waals surface area contributed by atoms with Gasteiger partial charge in [-0.05, 0) is 24.6 Å². The van der Waals surface area contributed by atoms with E-state index in [2.05, 4.69) is 11.4 Å². The zero-order valence-electron chi connectivity index (χ0n) is 8.98. The Bertz CT molecular complexity index is 402. The summed E-state index contributed by atoms with van der Waals surface area (Å²) < 4.78 is 0. The van der Waals surface area contributed by atoms with Gasteiger partial charge in [-0.1, -0.05) is 18.2 Å². The van der Waals surface area contributed by atoms with E-state index in [-0.39, 0.29) is 18.3 Å². The van der Waals surface area contributed by atoms with Crippen LogP contribution in [-0.4, -0.2) is 29.9 Å². The predicted octanol–water partition coefficient (Wildman–Crippen LogP) is 1.43. The van der Waals surface area contributed by atoms with Gasteiger partial charge in [-0.15, -0.1) is 12.4 Å². The van der Waals surface area contributed by atoms with Crippen LogP contribution in [0.25, 0.3) is 0 Å². The summed E-state index contributed by atoms with van der Waals surface area (Å²) >= 11 is 0. The summed E-state index contributed by atoms with van der Waals surface area (Å²) in [7, 11) is 0. The normalized spacial score (nSPS) is 23.1. The van der Waals surface area contributed by atoms with E-state index in [0.717, 1.165) is 31.6 Å². The van der Waals surface area contributed by atoms with Crippen molar-refractivity contribution in [2.75, 3.05) is 13.1 Å². The second-order valence-corrected chi connectivity index (χ2v) is 4.24. The molecule has 1 N–H and O–H groups in total. The van der Waals surface area contributed by atoms with Crippen molar-refractivity contribution < 1.29 is 4.79 Å². The molecule has 0 aliphatic carbocycles. The molecule has 16 heavy (non-hydrogen) atoms. The van der Waals surface area contributed by atoms with Gasteiger partial charge in [-0.25, -0.2) is 0 Å². The third-order valence-electron chi connectivity index (χ3n) is 3.32. The molecule has 1 fully saturated rings. The molecule has 0 aromatic heterocycles. The smallest absolute Gasteiger partial charge is 0.254 e. The van der Waals surface area contributed by atoms with E-state index in [1.54, 1.807) is 0 Å². The molecule has 3 nitrogen and oxygen atoms in total. The van der Waals surface area contributed by atoms with Crippen LogP contribution in [-0.2, 0) is 6.54 Å². The molecule has 2 aliphatic rings. The molecule has 0 bridgehead atoms. The number of rotatable bonds is 1. The van der Waals surface area contributed by atoms with Gasteiger partial charge in [-0.2, -0.15) is 0 Å². The van der Waals surface area contributed by atoms with Crippen LogP contribution in [0.1, 0.15) is 22.3 Å². The van der Waals surface area contributed by atoms with Crippen LogP contribution < -0.4 is 5.32 Å². The highest BCUT2D eigenvalue weighted by molar-refractivity contribution is 5.98. The topological polar surface area (TPSA) is 32.3 Å². The summed E-state index contributed by atoms with van der Waals surface area (Å²) in [6.07, 6.45) is 1.08. The van der Waals surface area contributed by atoms with Crippen LogP contribution in [0.4, 0.5) is 0 Å².